The molecule has 0 saturated heterocycles. The fraction of sp³-hybridized carbons (Fsp3) is 0.333. The van der Waals surface area contributed by atoms with Crippen LogP contribution in [0.5, 0.6) is 5.75 Å². The zero-order chi connectivity index (χ0) is 14.5. The van der Waals surface area contributed by atoms with E-state index in [1.54, 1.807) is 11.3 Å². The molecule has 0 radical (unpaired) electrons. The van der Waals surface area contributed by atoms with Gasteiger partial charge in [-0.1, -0.05) is 38.2 Å². The van der Waals surface area contributed by atoms with Crippen LogP contribution < -0.4 is 10.5 Å². The molecular weight excluding hydrogens is 288 g/mol. The van der Waals surface area contributed by atoms with Gasteiger partial charge in [0.1, 0.15) is 16.4 Å². The van der Waals surface area contributed by atoms with Gasteiger partial charge in [0, 0.05) is 11.8 Å². The van der Waals surface area contributed by atoms with E-state index in [1.165, 1.54) is 5.56 Å². The first-order valence-corrected chi connectivity index (χ1v) is 7.82. The van der Waals surface area contributed by atoms with Crippen molar-refractivity contribution in [2.75, 3.05) is 6.61 Å². The Balaban J connectivity index is 1.84. The van der Waals surface area contributed by atoms with Crippen molar-refractivity contribution < 1.29 is 4.74 Å². The minimum Gasteiger partial charge on any atom is -0.493 e. The third-order valence-electron chi connectivity index (χ3n) is 2.94. The summed E-state index contributed by atoms with van der Waals surface area (Å²) in [5.41, 5.74) is 7.54. The number of thiazole rings is 1. The van der Waals surface area contributed by atoms with E-state index < -0.39 is 0 Å². The summed E-state index contributed by atoms with van der Waals surface area (Å²) in [5.74, 6) is 1.43. The molecule has 0 aliphatic heterocycles. The molecule has 1 heterocycles. The van der Waals surface area contributed by atoms with Crippen LogP contribution in [-0.2, 0) is 6.42 Å². The summed E-state index contributed by atoms with van der Waals surface area (Å²) in [7, 11) is 0. The van der Waals surface area contributed by atoms with Crippen LogP contribution in [0.1, 0.15) is 36.0 Å². The number of nitrogens with two attached hydrogens (primary N) is 1. The van der Waals surface area contributed by atoms with Gasteiger partial charge in [0.25, 0.3) is 0 Å². The highest BCUT2D eigenvalue weighted by Crippen LogP contribution is 2.19. The monoisotopic (exact) mass is 306 g/mol. The number of rotatable bonds is 6. The quantitative estimate of drug-likeness (QED) is 0.830. The highest BCUT2D eigenvalue weighted by atomic mass is 32.1. The number of aromatic nitrogens is 1. The van der Waals surface area contributed by atoms with Crippen LogP contribution in [0, 0.1) is 0 Å². The van der Waals surface area contributed by atoms with E-state index in [9.17, 15) is 0 Å². The number of nitrogens with zero attached hydrogens (tertiary/aromatic N) is 1. The molecule has 1 aromatic heterocycles. The average Bonchev–Trinajstić information content (AvgIpc) is 2.88. The number of hydrogen-bond acceptors (Lipinski definition) is 4. The van der Waals surface area contributed by atoms with Crippen LogP contribution in [0.15, 0.2) is 29.6 Å². The molecule has 0 aliphatic carbocycles. The highest BCUT2D eigenvalue weighted by molar-refractivity contribution is 7.80. The Morgan fingerprint density at radius 3 is 2.60 bits per heavy atom. The summed E-state index contributed by atoms with van der Waals surface area (Å²) in [6.45, 7) is 4.96. The summed E-state index contributed by atoms with van der Waals surface area (Å²) < 4.78 is 5.72. The summed E-state index contributed by atoms with van der Waals surface area (Å²) in [6, 6.07) is 8.23. The fourth-order valence-corrected chi connectivity index (χ4v) is 2.70. The maximum absolute atomic E-state index is 5.72. The van der Waals surface area contributed by atoms with Gasteiger partial charge in [-0.15, -0.1) is 11.3 Å². The van der Waals surface area contributed by atoms with Gasteiger partial charge in [-0.25, -0.2) is 4.98 Å². The maximum Gasteiger partial charge on any atom is 0.123 e. The van der Waals surface area contributed by atoms with Crippen molar-refractivity contribution in [3.05, 3.63) is 45.9 Å². The Labute approximate surface area is 128 Å². The molecule has 0 spiro atoms. The Bertz CT molecular complexity index is 576. The largest absolute Gasteiger partial charge is 0.493 e. The van der Waals surface area contributed by atoms with Crippen molar-refractivity contribution in [3.63, 3.8) is 0 Å². The molecular formula is C15H18N2OS2. The SMILES string of the molecule is CC(C)c1ccc(OCCc2nc(C(N)=S)cs2)cc1. The van der Waals surface area contributed by atoms with E-state index in [1.807, 2.05) is 17.5 Å². The van der Waals surface area contributed by atoms with Crippen LogP contribution >= 0.6 is 23.6 Å². The summed E-state index contributed by atoms with van der Waals surface area (Å²) in [5, 5.41) is 2.88. The summed E-state index contributed by atoms with van der Waals surface area (Å²) in [4.78, 5) is 4.70. The molecule has 20 heavy (non-hydrogen) atoms. The van der Waals surface area contributed by atoms with E-state index in [4.69, 9.17) is 22.7 Å². The molecule has 0 aliphatic rings. The minimum atomic E-state index is 0.345. The smallest absolute Gasteiger partial charge is 0.123 e. The van der Waals surface area contributed by atoms with Gasteiger partial charge >= 0.3 is 0 Å². The number of ether oxygens (including phenoxy) is 1. The lowest BCUT2D eigenvalue weighted by Gasteiger charge is -2.08. The van der Waals surface area contributed by atoms with Crippen molar-refractivity contribution in [1.82, 2.24) is 4.98 Å². The Morgan fingerprint density at radius 1 is 1.35 bits per heavy atom. The lowest BCUT2D eigenvalue weighted by atomic mass is 10.0. The van der Waals surface area contributed by atoms with Crippen LogP contribution in [0.4, 0.5) is 0 Å². The molecule has 0 saturated carbocycles. The van der Waals surface area contributed by atoms with Crippen molar-refractivity contribution >= 4 is 28.5 Å². The normalized spacial score (nSPS) is 10.8. The third-order valence-corrected chi connectivity index (χ3v) is 4.05. The Morgan fingerprint density at radius 2 is 2.05 bits per heavy atom. The van der Waals surface area contributed by atoms with Crippen molar-refractivity contribution in [2.24, 2.45) is 5.73 Å². The van der Waals surface area contributed by atoms with Crippen LogP contribution in [-0.4, -0.2) is 16.6 Å². The second-order valence-electron chi connectivity index (χ2n) is 4.81. The lowest BCUT2D eigenvalue weighted by molar-refractivity contribution is 0.321. The predicted molar refractivity (Wildman–Crippen MR) is 87.7 cm³/mol. The number of benzene rings is 1. The molecule has 3 nitrogen and oxygen atoms in total. The van der Waals surface area contributed by atoms with Gasteiger partial charge < -0.3 is 10.5 Å². The van der Waals surface area contributed by atoms with Gasteiger partial charge in [-0.05, 0) is 23.6 Å². The van der Waals surface area contributed by atoms with Crippen LogP contribution in [0.3, 0.4) is 0 Å². The van der Waals surface area contributed by atoms with Crippen LogP contribution in [0.25, 0.3) is 0 Å². The van der Waals surface area contributed by atoms with E-state index in [2.05, 4.69) is 31.0 Å². The van der Waals surface area contributed by atoms with Gasteiger partial charge in [0.15, 0.2) is 0 Å². The topological polar surface area (TPSA) is 48.1 Å². The third kappa shape index (κ3) is 4.02. The second-order valence-corrected chi connectivity index (χ2v) is 6.20. The summed E-state index contributed by atoms with van der Waals surface area (Å²) in [6.07, 6.45) is 0.763. The van der Waals surface area contributed by atoms with Crippen molar-refractivity contribution in [3.8, 4) is 5.75 Å². The molecule has 2 N–H and O–H groups in total. The number of thiocarbonyl (C=S) groups is 1. The predicted octanol–water partition coefficient (Wildman–Crippen LogP) is 3.52. The first kappa shape index (κ1) is 14.9. The number of hydrogen-bond donors (Lipinski definition) is 1. The molecule has 106 valence electrons. The molecule has 5 heteroatoms. The zero-order valence-corrected chi connectivity index (χ0v) is 13.3. The van der Waals surface area contributed by atoms with Gasteiger partial charge in [0.2, 0.25) is 0 Å². The van der Waals surface area contributed by atoms with Gasteiger partial charge in [0.05, 0.1) is 11.6 Å². The minimum absolute atomic E-state index is 0.345. The first-order valence-electron chi connectivity index (χ1n) is 6.53. The molecule has 0 fully saturated rings. The van der Waals surface area contributed by atoms with E-state index in [-0.39, 0.29) is 0 Å². The molecule has 0 amide bonds. The molecule has 2 aromatic rings. The van der Waals surface area contributed by atoms with E-state index >= 15 is 0 Å². The maximum atomic E-state index is 5.72. The summed E-state index contributed by atoms with van der Waals surface area (Å²) >= 11 is 6.45. The van der Waals surface area contributed by atoms with Gasteiger partial charge in [-0.3, -0.25) is 0 Å². The molecule has 2 rings (SSSR count). The second kappa shape index (κ2) is 6.81. The standard InChI is InChI=1S/C15H18N2OS2/c1-10(2)11-3-5-12(6-4-11)18-8-7-14-17-13(9-20-14)15(16)19/h3-6,9-10H,7-8H2,1-2H3,(H2,16,19). The molecule has 0 atom stereocenters. The van der Waals surface area contributed by atoms with E-state index in [0.29, 0.717) is 23.2 Å². The van der Waals surface area contributed by atoms with Crippen molar-refractivity contribution in [1.29, 1.82) is 0 Å². The lowest BCUT2D eigenvalue weighted by Crippen LogP contribution is -2.10. The molecule has 0 unspecified atom stereocenters. The highest BCUT2D eigenvalue weighted by Gasteiger charge is 2.05. The fourth-order valence-electron chi connectivity index (χ4n) is 1.74. The molecule has 0 bridgehead atoms. The van der Waals surface area contributed by atoms with Crippen molar-refractivity contribution in [2.45, 2.75) is 26.2 Å². The first-order chi connectivity index (χ1) is 9.56. The van der Waals surface area contributed by atoms with Gasteiger partial charge in [-0.2, -0.15) is 0 Å². The average molecular weight is 306 g/mol. The Hall–Kier alpha value is -1.46. The zero-order valence-electron chi connectivity index (χ0n) is 11.6. The molecule has 1 aromatic carbocycles. The van der Waals surface area contributed by atoms with Crippen LogP contribution in [0.2, 0.25) is 0 Å². The Kier molecular flexibility index (Phi) is 5.09. The van der Waals surface area contributed by atoms with E-state index in [0.717, 1.165) is 17.2 Å².